The van der Waals surface area contributed by atoms with E-state index >= 15 is 0 Å². The molecule has 0 unspecified atom stereocenters. The molecule has 2 aliphatic heterocycles. The van der Waals surface area contributed by atoms with Gasteiger partial charge in [0.25, 0.3) is 5.91 Å². The first-order chi connectivity index (χ1) is 10.6. The number of likely N-dealkylation sites (tertiary alicyclic amines) is 1. The van der Waals surface area contributed by atoms with E-state index in [1.807, 2.05) is 9.58 Å². The highest BCUT2D eigenvalue weighted by molar-refractivity contribution is 5.96. The van der Waals surface area contributed by atoms with Crippen LogP contribution in [0.15, 0.2) is 6.20 Å². The largest absolute Gasteiger partial charge is 0.394 e. The Hall–Kier alpha value is -1.36. The topological polar surface area (TPSA) is 58.4 Å². The van der Waals surface area contributed by atoms with E-state index in [4.69, 9.17) is 0 Å². The second-order valence-electron chi connectivity index (χ2n) is 7.23. The van der Waals surface area contributed by atoms with Crippen molar-refractivity contribution in [1.29, 1.82) is 0 Å². The predicted molar refractivity (Wildman–Crippen MR) is 84.7 cm³/mol. The molecule has 1 aromatic heterocycles. The number of aromatic nitrogens is 2. The molecule has 0 aromatic carbocycles. The van der Waals surface area contributed by atoms with E-state index in [0.29, 0.717) is 5.92 Å². The number of rotatable bonds is 4. The minimum atomic E-state index is -0.380. The summed E-state index contributed by atoms with van der Waals surface area (Å²) in [6.45, 7) is 6.03. The molecule has 3 rings (SSSR count). The maximum absolute atomic E-state index is 13.1. The Balaban J connectivity index is 1.89. The molecule has 5 nitrogen and oxygen atoms in total. The van der Waals surface area contributed by atoms with Crippen LogP contribution in [0.2, 0.25) is 0 Å². The van der Waals surface area contributed by atoms with Gasteiger partial charge in [0.15, 0.2) is 0 Å². The van der Waals surface area contributed by atoms with Crippen molar-refractivity contribution in [3.05, 3.63) is 17.5 Å². The van der Waals surface area contributed by atoms with Crippen molar-refractivity contribution in [3.8, 4) is 0 Å². The number of hydrogen-bond donors (Lipinski definition) is 1. The van der Waals surface area contributed by atoms with Gasteiger partial charge in [-0.2, -0.15) is 5.10 Å². The molecule has 0 bridgehead atoms. The molecule has 0 aliphatic carbocycles. The lowest BCUT2D eigenvalue weighted by Crippen LogP contribution is -2.51. The highest BCUT2D eigenvalue weighted by Gasteiger charge is 2.44. The van der Waals surface area contributed by atoms with Crippen LogP contribution in [0.4, 0.5) is 0 Å². The number of amides is 1. The second kappa shape index (κ2) is 6.03. The van der Waals surface area contributed by atoms with E-state index in [9.17, 15) is 9.90 Å². The highest BCUT2D eigenvalue weighted by Crippen LogP contribution is 2.36. The first-order valence-corrected chi connectivity index (χ1v) is 8.55. The zero-order valence-electron chi connectivity index (χ0n) is 13.7. The standard InChI is InChI=1S/C17H27N3O2/c1-13(2)10-17(12-21)7-5-8-19(17)16(22)14-11-18-20-9-4-3-6-15(14)20/h11,13,21H,3-10,12H2,1-2H3/t17-/m1/s1. The summed E-state index contributed by atoms with van der Waals surface area (Å²) in [5.74, 6) is 0.525. The molecule has 1 saturated heterocycles. The van der Waals surface area contributed by atoms with Crippen molar-refractivity contribution >= 4 is 5.91 Å². The molecule has 22 heavy (non-hydrogen) atoms. The normalized spacial score (nSPS) is 24.8. The number of hydrogen-bond acceptors (Lipinski definition) is 3. The molecule has 1 amide bonds. The van der Waals surface area contributed by atoms with Crippen LogP contribution in [-0.2, 0) is 13.0 Å². The summed E-state index contributed by atoms with van der Waals surface area (Å²) in [5.41, 5.74) is 1.46. The molecular weight excluding hydrogens is 278 g/mol. The number of fused-ring (bicyclic) bond motifs is 1. The molecule has 1 aromatic rings. The molecule has 3 heterocycles. The van der Waals surface area contributed by atoms with Crippen LogP contribution in [0.3, 0.4) is 0 Å². The maximum Gasteiger partial charge on any atom is 0.257 e. The van der Waals surface area contributed by atoms with Crippen molar-refractivity contribution in [3.63, 3.8) is 0 Å². The third-order valence-corrected chi connectivity index (χ3v) is 5.14. The third kappa shape index (κ3) is 2.56. The summed E-state index contributed by atoms with van der Waals surface area (Å²) < 4.78 is 1.98. The van der Waals surface area contributed by atoms with Crippen molar-refractivity contribution in [1.82, 2.24) is 14.7 Å². The van der Waals surface area contributed by atoms with Gasteiger partial charge >= 0.3 is 0 Å². The van der Waals surface area contributed by atoms with Crippen LogP contribution >= 0.6 is 0 Å². The lowest BCUT2D eigenvalue weighted by molar-refractivity contribution is 0.0331. The van der Waals surface area contributed by atoms with Crippen LogP contribution in [0.5, 0.6) is 0 Å². The Bertz CT molecular complexity index is 552. The SMILES string of the molecule is CC(C)C[C@@]1(CO)CCCN1C(=O)c1cnn2c1CCCC2. The fourth-order valence-corrected chi connectivity index (χ4v) is 4.20. The van der Waals surface area contributed by atoms with E-state index in [2.05, 4.69) is 18.9 Å². The van der Waals surface area contributed by atoms with Crippen molar-refractivity contribution < 1.29 is 9.90 Å². The van der Waals surface area contributed by atoms with Gasteiger partial charge in [-0.25, -0.2) is 0 Å². The highest BCUT2D eigenvalue weighted by atomic mass is 16.3. The van der Waals surface area contributed by atoms with Gasteiger partial charge in [0, 0.05) is 13.1 Å². The van der Waals surface area contributed by atoms with Gasteiger partial charge in [0.05, 0.1) is 29.6 Å². The number of aliphatic hydroxyl groups excluding tert-OH is 1. The average molecular weight is 305 g/mol. The van der Waals surface area contributed by atoms with Crippen LogP contribution in [0.25, 0.3) is 0 Å². The third-order valence-electron chi connectivity index (χ3n) is 5.14. The predicted octanol–water partition coefficient (Wildman–Crippen LogP) is 2.23. The minimum absolute atomic E-state index is 0.0559. The average Bonchev–Trinajstić information content (AvgIpc) is 3.10. The van der Waals surface area contributed by atoms with E-state index in [0.717, 1.165) is 62.9 Å². The number of nitrogens with zero attached hydrogens (tertiary/aromatic N) is 3. The quantitative estimate of drug-likeness (QED) is 0.928. The second-order valence-corrected chi connectivity index (χ2v) is 7.23. The van der Waals surface area contributed by atoms with Gasteiger partial charge in [0.2, 0.25) is 0 Å². The number of aryl methyl sites for hydroxylation is 1. The first kappa shape index (κ1) is 15.5. The molecule has 0 saturated carbocycles. The molecule has 0 spiro atoms. The lowest BCUT2D eigenvalue weighted by Gasteiger charge is -2.38. The van der Waals surface area contributed by atoms with Crippen molar-refractivity contribution in [2.45, 2.75) is 64.5 Å². The zero-order valence-corrected chi connectivity index (χ0v) is 13.7. The molecular formula is C17H27N3O2. The Kier molecular flexibility index (Phi) is 4.26. The van der Waals surface area contributed by atoms with Crippen LogP contribution in [0, 0.1) is 5.92 Å². The summed E-state index contributed by atoms with van der Waals surface area (Å²) in [7, 11) is 0. The molecule has 5 heteroatoms. The van der Waals surface area contributed by atoms with E-state index in [-0.39, 0.29) is 18.1 Å². The Morgan fingerprint density at radius 3 is 2.91 bits per heavy atom. The number of carbonyl (C=O) groups excluding carboxylic acids is 1. The Morgan fingerprint density at radius 1 is 1.36 bits per heavy atom. The molecule has 0 radical (unpaired) electrons. The van der Waals surface area contributed by atoms with Crippen LogP contribution in [0.1, 0.15) is 62.0 Å². The fourth-order valence-electron chi connectivity index (χ4n) is 4.20. The molecule has 122 valence electrons. The van der Waals surface area contributed by atoms with Gasteiger partial charge in [-0.1, -0.05) is 13.8 Å². The maximum atomic E-state index is 13.1. The monoisotopic (exact) mass is 305 g/mol. The molecule has 2 aliphatic rings. The van der Waals surface area contributed by atoms with Crippen molar-refractivity contribution in [2.24, 2.45) is 5.92 Å². The van der Waals surface area contributed by atoms with E-state index < -0.39 is 0 Å². The summed E-state index contributed by atoms with van der Waals surface area (Å²) in [4.78, 5) is 15.0. The van der Waals surface area contributed by atoms with Gasteiger partial charge < -0.3 is 10.0 Å². The summed E-state index contributed by atoms with van der Waals surface area (Å²) >= 11 is 0. The van der Waals surface area contributed by atoms with E-state index in [1.165, 1.54) is 0 Å². The summed E-state index contributed by atoms with van der Waals surface area (Å²) in [6, 6.07) is 0. The lowest BCUT2D eigenvalue weighted by atomic mass is 9.86. The number of aliphatic hydroxyl groups is 1. The van der Waals surface area contributed by atoms with Gasteiger partial charge in [-0.15, -0.1) is 0 Å². The van der Waals surface area contributed by atoms with Gasteiger partial charge in [-0.3, -0.25) is 9.48 Å². The molecule has 1 fully saturated rings. The smallest absolute Gasteiger partial charge is 0.257 e. The summed E-state index contributed by atoms with van der Waals surface area (Å²) in [5, 5.41) is 14.4. The Morgan fingerprint density at radius 2 is 2.18 bits per heavy atom. The van der Waals surface area contributed by atoms with E-state index in [1.54, 1.807) is 6.20 Å². The fraction of sp³-hybridized carbons (Fsp3) is 0.765. The van der Waals surface area contributed by atoms with Crippen molar-refractivity contribution in [2.75, 3.05) is 13.2 Å². The zero-order chi connectivity index (χ0) is 15.7. The number of carbonyl (C=O) groups is 1. The van der Waals surface area contributed by atoms with Crippen LogP contribution in [-0.4, -0.2) is 44.4 Å². The minimum Gasteiger partial charge on any atom is -0.394 e. The summed E-state index contributed by atoms with van der Waals surface area (Å²) in [6.07, 6.45) is 7.67. The van der Waals surface area contributed by atoms with Gasteiger partial charge in [0.1, 0.15) is 0 Å². The van der Waals surface area contributed by atoms with Crippen LogP contribution < -0.4 is 0 Å². The molecule has 1 N–H and O–H groups in total. The van der Waals surface area contributed by atoms with Gasteiger partial charge in [-0.05, 0) is 44.4 Å². The first-order valence-electron chi connectivity index (χ1n) is 8.55. The Labute approximate surface area is 132 Å². The molecule has 1 atom stereocenters.